The molecule has 0 spiro atoms. The molecule has 1 aliphatic rings. The summed E-state index contributed by atoms with van der Waals surface area (Å²) in [4.78, 5) is 34.2. The number of rotatable bonds is 3. The Morgan fingerprint density at radius 1 is 1.28 bits per heavy atom. The molecule has 0 saturated heterocycles. The highest BCUT2D eigenvalue weighted by molar-refractivity contribution is 7.18. The highest BCUT2D eigenvalue weighted by Gasteiger charge is 2.28. The lowest BCUT2D eigenvalue weighted by atomic mass is 9.91. The maximum absolute atomic E-state index is 13.2. The average molecular weight is 410 g/mol. The molecule has 0 fully saturated rings. The Balaban J connectivity index is 1.64. The molecule has 3 heterocycles. The van der Waals surface area contributed by atoms with Gasteiger partial charge in [-0.1, -0.05) is 50.6 Å². The van der Waals surface area contributed by atoms with Crippen LogP contribution >= 0.6 is 11.3 Å². The number of aryl methyl sites for hydroxylation is 1. The molecule has 4 rings (SSSR count). The largest absolute Gasteiger partial charge is 0.337 e. The molecule has 1 aliphatic heterocycles. The Kier molecular flexibility index (Phi) is 5.07. The number of hydrogen-bond donors (Lipinski definition) is 0. The van der Waals surface area contributed by atoms with Gasteiger partial charge in [-0.25, -0.2) is 4.98 Å². The maximum Gasteiger partial charge on any atom is 0.262 e. The molecular weight excluding hydrogens is 382 g/mol. The molecule has 2 aromatic heterocycles. The average Bonchev–Trinajstić information content (AvgIpc) is 3.01. The summed E-state index contributed by atoms with van der Waals surface area (Å²) in [5.74, 6) is 0.186. The summed E-state index contributed by atoms with van der Waals surface area (Å²) in [6, 6.07) is 8.19. The zero-order valence-electron chi connectivity index (χ0n) is 17.5. The van der Waals surface area contributed by atoms with Crippen molar-refractivity contribution in [2.24, 2.45) is 5.41 Å². The van der Waals surface area contributed by atoms with Crippen LogP contribution in [0.4, 0.5) is 0 Å². The third kappa shape index (κ3) is 4.13. The van der Waals surface area contributed by atoms with Gasteiger partial charge in [-0.05, 0) is 29.9 Å². The van der Waals surface area contributed by atoms with Gasteiger partial charge in [0.25, 0.3) is 5.56 Å². The number of thiophene rings is 1. The van der Waals surface area contributed by atoms with Crippen LogP contribution in [0.2, 0.25) is 0 Å². The standard InChI is InChI=1S/C23H27N3O2S/c1-15-6-5-7-16(10-15)12-26-14-24-21-20(22(26)28)17-8-9-25(13-18(17)29-21)19(27)11-23(2,3)4/h5-7,10,14H,8-9,11-13H2,1-4H3. The molecule has 0 aliphatic carbocycles. The van der Waals surface area contributed by atoms with Crippen LogP contribution in [0.1, 0.15) is 48.8 Å². The number of fused-ring (bicyclic) bond motifs is 3. The Bertz CT molecular complexity index is 1140. The minimum absolute atomic E-state index is 0.0171. The smallest absolute Gasteiger partial charge is 0.262 e. The predicted molar refractivity (Wildman–Crippen MR) is 117 cm³/mol. The van der Waals surface area contributed by atoms with Gasteiger partial charge in [-0.2, -0.15) is 0 Å². The summed E-state index contributed by atoms with van der Waals surface area (Å²) in [6.45, 7) is 10.1. The Morgan fingerprint density at radius 2 is 2.07 bits per heavy atom. The zero-order valence-corrected chi connectivity index (χ0v) is 18.3. The van der Waals surface area contributed by atoms with E-state index < -0.39 is 0 Å². The summed E-state index contributed by atoms with van der Waals surface area (Å²) in [6.07, 6.45) is 2.91. The van der Waals surface area contributed by atoms with Crippen LogP contribution in [0.25, 0.3) is 10.2 Å². The summed E-state index contributed by atoms with van der Waals surface area (Å²) >= 11 is 1.55. The molecule has 5 nitrogen and oxygen atoms in total. The lowest BCUT2D eigenvalue weighted by molar-refractivity contribution is -0.133. The van der Waals surface area contributed by atoms with Crippen LogP contribution in [0, 0.1) is 12.3 Å². The highest BCUT2D eigenvalue weighted by Crippen LogP contribution is 2.33. The fraction of sp³-hybridized carbons (Fsp3) is 0.435. The molecule has 0 N–H and O–H groups in total. The number of carbonyl (C=O) groups is 1. The normalized spacial score (nSPS) is 14.3. The fourth-order valence-corrected chi connectivity index (χ4v) is 5.11. The Morgan fingerprint density at radius 3 is 2.79 bits per heavy atom. The molecule has 0 bridgehead atoms. The first-order chi connectivity index (χ1) is 13.7. The van der Waals surface area contributed by atoms with Crippen molar-refractivity contribution in [3.05, 3.63) is 62.5 Å². The Labute approximate surface area is 175 Å². The molecule has 1 amide bonds. The van der Waals surface area contributed by atoms with Crippen molar-refractivity contribution in [2.45, 2.75) is 53.6 Å². The van der Waals surface area contributed by atoms with Gasteiger partial charge >= 0.3 is 0 Å². The van der Waals surface area contributed by atoms with E-state index in [1.807, 2.05) is 17.0 Å². The van der Waals surface area contributed by atoms with Gasteiger partial charge in [-0.15, -0.1) is 11.3 Å². The van der Waals surface area contributed by atoms with E-state index in [4.69, 9.17) is 0 Å². The molecule has 1 aromatic carbocycles. The van der Waals surface area contributed by atoms with Gasteiger partial charge in [0.1, 0.15) is 4.83 Å². The van der Waals surface area contributed by atoms with Gasteiger partial charge in [0.2, 0.25) is 5.91 Å². The van der Waals surface area contributed by atoms with E-state index in [-0.39, 0.29) is 16.9 Å². The highest BCUT2D eigenvalue weighted by atomic mass is 32.1. The second-order valence-electron chi connectivity index (χ2n) is 9.15. The maximum atomic E-state index is 13.2. The Hall–Kier alpha value is -2.47. The molecule has 0 unspecified atom stereocenters. The van der Waals surface area contributed by atoms with Gasteiger partial charge in [-0.3, -0.25) is 14.2 Å². The molecule has 0 atom stereocenters. The minimum atomic E-state index is -0.0252. The second kappa shape index (κ2) is 7.41. The van der Waals surface area contributed by atoms with Crippen molar-refractivity contribution in [1.82, 2.24) is 14.5 Å². The second-order valence-corrected chi connectivity index (χ2v) is 10.2. The number of benzene rings is 1. The number of amides is 1. The number of aromatic nitrogens is 2. The predicted octanol–water partition coefficient (Wildman–Crippen LogP) is 4.14. The summed E-state index contributed by atoms with van der Waals surface area (Å²) in [7, 11) is 0. The molecule has 0 radical (unpaired) electrons. The number of carbonyl (C=O) groups excluding carboxylic acids is 1. The fourth-order valence-electron chi connectivity index (χ4n) is 3.92. The summed E-state index contributed by atoms with van der Waals surface area (Å²) in [5.41, 5.74) is 3.35. The number of nitrogens with zero attached hydrogens (tertiary/aromatic N) is 3. The van der Waals surface area contributed by atoms with Crippen LogP contribution < -0.4 is 5.56 Å². The van der Waals surface area contributed by atoms with Gasteiger partial charge in [0.05, 0.1) is 24.8 Å². The zero-order chi connectivity index (χ0) is 20.8. The van der Waals surface area contributed by atoms with Crippen molar-refractivity contribution < 1.29 is 4.79 Å². The lowest BCUT2D eigenvalue weighted by Crippen LogP contribution is -2.37. The summed E-state index contributed by atoms with van der Waals surface area (Å²) < 4.78 is 1.70. The van der Waals surface area contributed by atoms with Crippen molar-refractivity contribution in [3.63, 3.8) is 0 Å². The summed E-state index contributed by atoms with van der Waals surface area (Å²) in [5, 5.41) is 0.739. The van der Waals surface area contributed by atoms with E-state index in [1.54, 1.807) is 22.2 Å². The van der Waals surface area contributed by atoms with Gasteiger partial charge < -0.3 is 4.90 Å². The molecule has 3 aromatic rings. The molecule has 6 heteroatoms. The number of hydrogen-bond acceptors (Lipinski definition) is 4. The monoisotopic (exact) mass is 409 g/mol. The lowest BCUT2D eigenvalue weighted by Gasteiger charge is -2.29. The first kappa shape index (κ1) is 19.8. The van der Waals surface area contributed by atoms with Gasteiger partial charge in [0, 0.05) is 17.8 Å². The van der Waals surface area contributed by atoms with E-state index >= 15 is 0 Å². The van der Waals surface area contributed by atoms with Crippen LogP contribution in [0.3, 0.4) is 0 Å². The van der Waals surface area contributed by atoms with Crippen LogP contribution in [0.15, 0.2) is 35.4 Å². The van der Waals surface area contributed by atoms with Crippen LogP contribution in [0.5, 0.6) is 0 Å². The molecule has 0 saturated carbocycles. The van der Waals surface area contributed by atoms with E-state index in [0.717, 1.165) is 32.6 Å². The first-order valence-electron chi connectivity index (χ1n) is 10.0. The van der Waals surface area contributed by atoms with Gasteiger partial charge in [0.15, 0.2) is 0 Å². The first-order valence-corrected chi connectivity index (χ1v) is 10.9. The molecule has 29 heavy (non-hydrogen) atoms. The van der Waals surface area contributed by atoms with E-state index in [0.29, 0.717) is 26.1 Å². The topological polar surface area (TPSA) is 55.2 Å². The molecule has 152 valence electrons. The van der Waals surface area contributed by atoms with E-state index in [9.17, 15) is 9.59 Å². The van der Waals surface area contributed by atoms with E-state index in [2.05, 4.69) is 44.8 Å². The van der Waals surface area contributed by atoms with Crippen LogP contribution in [-0.4, -0.2) is 26.9 Å². The quantitative estimate of drug-likeness (QED) is 0.653. The van der Waals surface area contributed by atoms with E-state index in [1.165, 1.54) is 5.56 Å². The SMILES string of the molecule is Cc1cccc(Cn2cnc3sc4c(c3c2=O)CCN(C(=O)CC(C)(C)C)C4)c1. The van der Waals surface area contributed by atoms with Crippen molar-refractivity contribution in [2.75, 3.05) is 6.54 Å². The molecular formula is C23H27N3O2S. The third-order valence-electron chi connectivity index (χ3n) is 5.30. The van der Waals surface area contributed by atoms with Crippen molar-refractivity contribution in [3.8, 4) is 0 Å². The minimum Gasteiger partial charge on any atom is -0.337 e. The van der Waals surface area contributed by atoms with Crippen molar-refractivity contribution in [1.29, 1.82) is 0 Å². The van der Waals surface area contributed by atoms with Crippen LogP contribution in [-0.2, 0) is 24.3 Å². The third-order valence-corrected chi connectivity index (χ3v) is 6.42. The van der Waals surface area contributed by atoms with Crippen molar-refractivity contribution >= 4 is 27.5 Å².